The van der Waals surface area contributed by atoms with Crippen LogP contribution < -0.4 is 0 Å². The molecule has 1 aliphatic rings. The Morgan fingerprint density at radius 3 is 2.05 bits per heavy atom. The lowest BCUT2D eigenvalue weighted by atomic mass is 10.0. The zero-order chi connectivity index (χ0) is 27.4. The van der Waals surface area contributed by atoms with Gasteiger partial charge in [-0.1, -0.05) is 82.1 Å². The molecule has 0 aromatic heterocycles. The maximum Gasteiger partial charge on any atom is 0.472 e. The highest BCUT2D eigenvalue weighted by atomic mass is 31.2. The van der Waals surface area contributed by atoms with Crippen molar-refractivity contribution in [2.24, 2.45) is 0 Å². The second kappa shape index (κ2) is 20.0. The van der Waals surface area contributed by atoms with Crippen LogP contribution in [0.15, 0.2) is 24.3 Å². The third kappa shape index (κ3) is 21.6. The first-order chi connectivity index (χ1) is 17.6. The number of allylic oxidation sites excluding steroid dienone is 3. The number of rotatable bonds is 6. The van der Waals surface area contributed by atoms with Crippen LogP contribution >= 0.6 is 7.82 Å². The number of carbonyl (C=O) groups is 1. The van der Waals surface area contributed by atoms with Crippen LogP contribution in [0.2, 0.25) is 0 Å². The number of carbonyl (C=O) groups excluding carboxylic acids is 1. The van der Waals surface area contributed by atoms with Gasteiger partial charge < -0.3 is 14.1 Å². The normalized spacial score (nSPS) is 26.8. The van der Waals surface area contributed by atoms with Gasteiger partial charge in [-0.25, -0.2) is 4.57 Å². The molecule has 0 radical (unpaired) electrons. The molecule has 1 N–H and O–H groups in total. The molecule has 1 rings (SSSR count). The van der Waals surface area contributed by atoms with Crippen molar-refractivity contribution in [2.45, 2.75) is 122 Å². The molecule has 8 heteroatoms. The largest absolute Gasteiger partial charge is 0.472 e. The van der Waals surface area contributed by atoms with Crippen LogP contribution in [0.1, 0.15) is 110 Å². The highest BCUT2D eigenvalue weighted by Gasteiger charge is 2.29. The summed E-state index contributed by atoms with van der Waals surface area (Å²) in [7, 11) is 1.68. The van der Waals surface area contributed by atoms with Crippen molar-refractivity contribution < 1.29 is 32.5 Å². The average molecular weight is 545 g/mol. The molecule has 0 aromatic carbocycles. The molecule has 0 amide bonds. The lowest BCUT2D eigenvalue weighted by Gasteiger charge is -2.25. The first kappa shape index (κ1) is 34.0. The average Bonchev–Trinajstić information content (AvgIpc) is 2.78. The van der Waals surface area contributed by atoms with Crippen molar-refractivity contribution in [3.63, 3.8) is 0 Å². The lowest BCUT2D eigenvalue weighted by Crippen LogP contribution is -2.37. The Morgan fingerprint density at radius 2 is 1.43 bits per heavy atom. The predicted molar refractivity (Wildman–Crippen MR) is 151 cm³/mol. The molecule has 1 aliphatic heterocycles. The number of cyclic esters (lactones) is 1. The quantitative estimate of drug-likeness (QED) is 0.161. The molecular weight excluding hydrogens is 489 g/mol. The van der Waals surface area contributed by atoms with Crippen LogP contribution in [0.5, 0.6) is 0 Å². The molecule has 0 aromatic rings. The molecule has 0 fully saturated rings. The summed E-state index contributed by atoms with van der Waals surface area (Å²) in [6.45, 7) is 2.54. The van der Waals surface area contributed by atoms with Crippen molar-refractivity contribution in [1.82, 2.24) is 0 Å². The van der Waals surface area contributed by atoms with E-state index in [0.717, 1.165) is 32.1 Å². The van der Waals surface area contributed by atoms with E-state index in [9.17, 15) is 14.3 Å². The topological polar surface area (TPSA) is 82.1 Å². The molecule has 1 heterocycles. The Labute approximate surface area is 226 Å². The van der Waals surface area contributed by atoms with Crippen LogP contribution in [0.4, 0.5) is 0 Å². The van der Waals surface area contributed by atoms with Gasteiger partial charge in [-0.05, 0) is 39.0 Å². The zero-order valence-electron chi connectivity index (χ0n) is 24.1. The van der Waals surface area contributed by atoms with E-state index in [1.165, 1.54) is 51.4 Å². The van der Waals surface area contributed by atoms with Gasteiger partial charge in [0.25, 0.3) is 0 Å². The summed E-state index contributed by atoms with van der Waals surface area (Å²) >= 11 is 0. The Kier molecular flexibility index (Phi) is 18.4. The molecule has 0 spiro atoms. The van der Waals surface area contributed by atoms with Crippen LogP contribution in [0, 0.1) is 0 Å². The number of hydrogen-bond acceptors (Lipinski definition) is 5. The fourth-order valence-electron chi connectivity index (χ4n) is 4.23. The van der Waals surface area contributed by atoms with E-state index in [2.05, 4.69) is 24.3 Å². The molecule has 0 saturated heterocycles. The molecule has 0 saturated carbocycles. The molecule has 7 nitrogen and oxygen atoms in total. The molecule has 3 atom stereocenters. The van der Waals surface area contributed by atoms with Crippen molar-refractivity contribution in [3.8, 4) is 0 Å². The third-order valence-electron chi connectivity index (χ3n) is 6.47. The van der Waals surface area contributed by atoms with Gasteiger partial charge in [0, 0.05) is 6.42 Å². The standard InChI is InChI=1S/C29H54NO6P/c1-27-22-20-18-16-14-12-10-8-6-5-7-9-11-13-15-17-19-21-23-28(26-29(31)35-27)36-37(32,33)34-25-24-30(2,3)4/h10,12,18,20,27-28H,5-9,11,13-17,19,21-26H2,1-4H3/p+1/b12-10-,20-18+. The summed E-state index contributed by atoms with van der Waals surface area (Å²) in [5.74, 6) is -0.408. The van der Waals surface area contributed by atoms with Gasteiger partial charge in [0.05, 0.1) is 33.7 Å². The Hall–Kier alpha value is -0.980. The number of quaternary nitrogens is 1. The van der Waals surface area contributed by atoms with E-state index >= 15 is 0 Å². The first-order valence-corrected chi connectivity index (χ1v) is 16.0. The van der Waals surface area contributed by atoms with Crippen molar-refractivity contribution in [2.75, 3.05) is 34.3 Å². The van der Waals surface area contributed by atoms with Crippen molar-refractivity contribution >= 4 is 13.8 Å². The van der Waals surface area contributed by atoms with Gasteiger partial charge in [-0.15, -0.1) is 0 Å². The molecular formula is C29H55NO6P+. The van der Waals surface area contributed by atoms with Gasteiger partial charge >= 0.3 is 13.8 Å². The van der Waals surface area contributed by atoms with Gasteiger partial charge in [0.15, 0.2) is 0 Å². The third-order valence-corrected chi connectivity index (χ3v) is 7.55. The van der Waals surface area contributed by atoms with Crippen LogP contribution in [-0.2, 0) is 23.1 Å². The highest BCUT2D eigenvalue weighted by molar-refractivity contribution is 7.47. The molecule has 0 bridgehead atoms. The van der Waals surface area contributed by atoms with E-state index in [-0.39, 0.29) is 19.1 Å². The summed E-state index contributed by atoms with van der Waals surface area (Å²) < 4.78 is 29.4. The van der Waals surface area contributed by atoms with Crippen molar-refractivity contribution in [3.05, 3.63) is 24.3 Å². The second-order valence-electron chi connectivity index (χ2n) is 11.4. The fraction of sp³-hybridized carbons (Fsp3) is 0.828. The highest BCUT2D eigenvalue weighted by Crippen LogP contribution is 2.45. The summed E-state index contributed by atoms with van der Waals surface area (Å²) in [6.07, 6.45) is 24.0. The number of phosphoric acid groups is 1. The number of esters is 1. The van der Waals surface area contributed by atoms with E-state index < -0.39 is 19.9 Å². The van der Waals surface area contributed by atoms with Crippen molar-refractivity contribution in [1.29, 1.82) is 0 Å². The van der Waals surface area contributed by atoms with Gasteiger partial charge in [0.1, 0.15) is 19.3 Å². The summed E-state index contributed by atoms with van der Waals surface area (Å²) in [5, 5.41) is 0. The fourth-order valence-corrected chi connectivity index (χ4v) is 5.16. The number of likely N-dealkylation sites (N-methyl/N-ethyl adjacent to an activating group) is 1. The van der Waals surface area contributed by atoms with E-state index in [4.69, 9.17) is 13.8 Å². The van der Waals surface area contributed by atoms with Crippen LogP contribution in [0.25, 0.3) is 0 Å². The minimum atomic E-state index is -4.26. The number of hydrogen-bond donors (Lipinski definition) is 1. The van der Waals surface area contributed by atoms with E-state index in [1.807, 2.05) is 28.1 Å². The van der Waals surface area contributed by atoms with E-state index in [1.54, 1.807) is 0 Å². The summed E-state index contributed by atoms with van der Waals surface area (Å²) in [4.78, 5) is 22.9. The van der Waals surface area contributed by atoms with Crippen LogP contribution in [0.3, 0.4) is 0 Å². The molecule has 37 heavy (non-hydrogen) atoms. The Bertz CT molecular complexity index is 703. The first-order valence-electron chi connectivity index (χ1n) is 14.5. The van der Waals surface area contributed by atoms with Gasteiger partial charge in [0.2, 0.25) is 0 Å². The molecule has 216 valence electrons. The SMILES string of the molecule is CC1C/C=C/CC/C=C\CCCCCCCCCCCCC(OP(=O)(O)OCC[N+](C)(C)C)CC(=O)O1. The predicted octanol–water partition coefficient (Wildman–Crippen LogP) is 7.49. The minimum Gasteiger partial charge on any atom is -0.462 e. The Morgan fingerprint density at radius 1 is 0.892 bits per heavy atom. The zero-order valence-corrected chi connectivity index (χ0v) is 25.0. The lowest BCUT2D eigenvalue weighted by molar-refractivity contribution is -0.870. The maximum atomic E-state index is 12.6. The second-order valence-corrected chi connectivity index (χ2v) is 12.8. The monoisotopic (exact) mass is 544 g/mol. The number of nitrogens with zero attached hydrogens (tertiary/aromatic N) is 1. The summed E-state index contributed by atoms with van der Waals surface area (Å²) in [5.41, 5.74) is 0. The molecule has 3 unspecified atom stereocenters. The number of ether oxygens (including phenoxy) is 1. The van der Waals surface area contributed by atoms with E-state index in [0.29, 0.717) is 23.9 Å². The maximum absolute atomic E-state index is 12.6. The van der Waals surface area contributed by atoms with Gasteiger partial charge in [-0.2, -0.15) is 0 Å². The van der Waals surface area contributed by atoms with Gasteiger partial charge in [-0.3, -0.25) is 13.8 Å². The Balaban J connectivity index is 2.65. The van der Waals surface area contributed by atoms with Crippen LogP contribution in [-0.4, -0.2) is 61.8 Å². The number of phosphoric ester groups is 1. The smallest absolute Gasteiger partial charge is 0.462 e. The molecule has 0 aliphatic carbocycles. The summed E-state index contributed by atoms with van der Waals surface area (Å²) in [6, 6.07) is 0. The minimum absolute atomic E-state index is 0.0535.